The summed E-state index contributed by atoms with van der Waals surface area (Å²) in [5.74, 6) is 2.35. The van der Waals surface area contributed by atoms with Gasteiger partial charge in [-0.2, -0.15) is 5.10 Å². The molecule has 0 aromatic carbocycles. The minimum absolute atomic E-state index is 0.0564. The molecule has 1 amide bonds. The van der Waals surface area contributed by atoms with Gasteiger partial charge in [-0.05, 0) is 76.2 Å². The fraction of sp³-hybridized carbons (Fsp3) is 0.800. The molecule has 0 aromatic rings. The molecule has 2 unspecified atom stereocenters. The van der Waals surface area contributed by atoms with E-state index in [1.54, 1.807) is 0 Å². The summed E-state index contributed by atoms with van der Waals surface area (Å²) in [6, 6.07) is 0.285. The van der Waals surface area contributed by atoms with Crippen molar-refractivity contribution in [2.24, 2.45) is 22.9 Å². The molecular formula is C20H32N4O. The smallest absolute Gasteiger partial charge is 0.264 e. The molecule has 1 spiro atoms. The van der Waals surface area contributed by atoms with E-state index in [1.807, 2.05) is 12.1 Å². The molecule has 4 rings (SSSR count). The van der Waals surface area contributed by atoms with Crippen LogP contribution in [0.15, 0.2) is 16.4 Å². The molecule has 1 saturated heterocycles. The van der Waals surface area contributed by atoms with Gasteiger partial charge < -0.3 is 10.6 Å². The van der Waals surface area contributed by atoms with Crippen molar-refractivity contribution in [2.45, 2.75) is 70.4 Å². The third-order valence-corrected chi connectivity index (χ3v) is 7.05. The zero-order valence-corrected chi connectivity index (χ0v) is 15.8. The normalized spacial score (nSPS) is 40.0. The van der Waals surface area contributed by atoms with Crippen LogP contribution in [0.3, 0.4) is 0 Å². The van der Waals surface area contributed by atoms with Gasteiger partial charge in [0.1, 0.15) is 6.21 Å². The van der Waals surface area contributed by atoms with E-state index in [0.29, 0.717) is 0 Å². The summed E-state index contributed by atoms with van der Waals surface area (Å²) in [4.78, 5) is 12.3. The van der Waals surface area contributed by atoms with Crippen LogP contribution in [-0.2, 0) is 4.79 Å². The number of fused-ring (bicyclic) bond motifs is 2. The molecule has 2 N–H and O–H groups in total. The number of hydrogen-bond acceptors (Lipinski definition) is 4. The third-order valence-electron chi connectivity index (χ3n) is 7.05. The van der Waals surface area contributed by atoms with Crippen molar-refractivity contribution < 1.29 is 4.79 Å². The molecule has 4 aliphatic rings. The Labute approximate surface area is 151 Å². The molecule has 5 heteroatoms. The lowest BCUT2D eigenvalue weighted by atomic mass is 9.91. The number of nitrogens with one attached hydrogen (secondary N) is 2. The Kier molecular flexibility index (Phi) is 4.38. The second kappa shape index (κ2) is 6.42. The molecule has 0 radical (unpaired) electrons. The van der Waals surface area contributed by atoms with Crippen LogP contribution in [0.1, 0.15) is 58.8 Å². The second-order valence-electron chi connectivity index (χ2n) is 8.83. The Hall–Kier alpha value is -1.36. The minimum Gasteiger partial charge on any atom is -0.346 e. The van der Waals surface area contributed by atoms with Crippen molar-refractivity contribution in [2.75, 3.05) is 13.6 Å². The fourth-order valence-electron chi connectivity index (χ4n) is 5.67. The van der Waals surface area contributed by atoms with E-state index >= 15 is 0 Å². The van der Waals surface area contributed by atoms with Crippen molar-refractivity contribution in [3.05, 3.63) is 11.3 Å². The van der Waals surface area contributed by atoms with Crippen molar-refractivity contribution in [3.63, 3.8) is 0 Å². The molecule has 5 atom stereocenters. The zero-order chi connectivity index (χ0) is 17.6. The highest BCUT2D eigenvalue weighted by molar-refractivity contribution is 6.26. The molecular weight excluding hydrogens is 312 g/mol. The van der Waals surface area contributed by atoms with E-state index in [9.17, 15) is 4.79 Å². The van der Waals surface area contributed by atoms with Crippen LogP contribution in [-0.4, -0.2) is 42.3 Å². The second-order valence-corrected chi connectivity index (χ2v) is 8.83. The predicted octanol–water partition coefficient (Wildman–Crippen LogP) is 2.64. The first-order valence-corrected chi connectivity index (χ1v) is 10.0. The molecule has 138 valence electrons. The Morgan fingerprint density at radius 1 is 1.36 bits per heavy atom. The average Bonchev–Trinajstić information content (AvgIpc) is 2.97. The fourth-order valence-corrected chi connectivity index (χ4v) is 5.67. The number of hydrazone groups is 1. The van der Waals surface area contributed by atoms with Crippen LogP contribution in [0.25, 0.3) is 0 Å². The number of hydrogen-bond donors (Lipinski definition) is 2. The van der Waals surface area contributed by atoms with E-state index in [4.69, 9.17) is 0 Å². The van der Waals surface area contributed by atoms with Crippen LogP contribution in [0.2, 0.25) is 0 Å². The van der Waals surface area contributed by atoms with Gasteiger partial charge in [0.15, 0.2) is 0 Å². The van der Waals surface area contributed by atoms with Crippen molar-refractivity contribution >= 4 is 12.1 Å². The van der Waals surface area contributed by atoms with Crippen molar-refractivity contribution in [3.8, 4) is 0 Å². The van der Waals surface area contributed by atoms with Crippen LogP contribution < -0.4 is 10.6 Å². The zero-order valence-electron chi connectivity index (χ0n) is 15.8. The average molecular weight is 345 g/mol. The number of nitrogens with zero attached hydrogens (tertiary/aromatic N) is 2. The Morgan fingerprint density at radius 2 is 2.16 bits per heavy atom. The predicted molar refractivity (Wildman–Crippen MR) is 100 cm³/mol. The lowest BCUT2D eigenvalue weighted by molar-refractivity contribution is -0.114. The van der Waals surface area contributed by atoms with E-state index in [-0.39, 0.29) is 17.5 Å². The SMILES string of the molecule is CC1=C(N(C)/N=C/C(=O)N[C@H]2CC23NC[C@@H]2CC(C)C[C@@H]23)CCCC1. The van der Waals surface area contributed by atoms with Crippen LogP contribution in [0.5, 0.6) is 0 Å². The minimum atomic E-state index is -0.0564. The number of carbonyl (C=O) groups excluding carboxylic acids is 1. The highest BCUT2D eigenvalue weighted by Crippen LogP contribution is 2.56. The topological polar surface area (TPSA) is 56.7 Å². The van der Waals surface area contributed by atoms with Gasteiger partial charge >= 0.3 is 0 Å². The standard InChI is InChI=1S/C20H32N4O/c1-13-8-15-11-21-20(16(15)9-13)10-18(20)23-19(25)12-22-24(3)17-7-5-4-6-14(17)2/h12-13,15-16,18,21H,4-11H2,1-3H3,(H,23,25)/b22-12+/t13?,15-,16-,18-,20?/m0/s1. The summed E-state index contributed by atoms with van der Waals surface area (Å²) in [5, 5.41) is 13.2. The molecule has 2 saturated carbocycles. The largest absolute Gasteiger partial charge is 0.346 e. The van der Waals surface area contributed by atoms with Gasteiger partial charge in [-0.3, -0.25) is 9.80 Å². The van der Waals surface area contributed by atoms with E-state index in [0.717, 1.165) is 43.6 Å². The Morgan fingerprint density at radius 3 is 2.96 bits per heavy atom. The maximum Gasteiger partial charge on any atom is 0.264 e. The summed E-state index contributed by atoms with van der Waals surface area (Å²) in [7, 11) is 1.95. The number of amides is 1. The van der Waals surface area contributed by atoms with Gasteiger partial charge in [-0.15, -0.1) is 0 Å². The van der Waals surface area contributed by atoms with Gasteiger partial charge in [-0.25, -0.2) is 0 Å². The van der Waals surface area contributed by atoms with E-state index in [1.165, 1.54) is 43.2 Å². The van der Waals surface area contributed by atoms with Crippen LogP contribution in [0, 0.1) is 17.8 Å². The lowest BCUT2D eigenvalue weighted by Crippen LogP contribution is -2.41. The summed E-state index contributed by atoms with van der Waals surface area (Å²) in [5.41, 5.74) is 2.87. The molecule has 1 heterocycles. The number of rotatable bonds is 4. The highest BCUT2D eigenvalue weighted by Gasteiger charge is 2.65. The van der Waals surface area contributed by atoms with E-state index in [2.05, 4.69) is 29.6 Å². The lowest BCUT2D eigenvalue weighted by Gasteiger charge is -2.24. The molecule has 3 aliphatic carbocycles. The third kappa shape index (κ3) is 3.12. The first-order valence-electron chi connectivity index (χ1n) is 10.0. The van der Waals surface area contributed by atoms with Crippen LogP contribution in [0.4, 0.5) is 0 Å². The highest BCUT2D eigenvalue weighted by atomic mass is 16.1. The maximum atomic E-state index is 12.3. The molecule has 3 fully saturated rings. The van der Waals surface area contributed by atoms with Gasteiger partial charge in [0.05, 0.1) is 0 Å². The molecule has 1 aliphatic heterocycles. The van der Waals surface area contributed by atoms with E-state index < -0.39 is 0 Å². The van der Waals surface area contributed by atoms with Crippen LogP contribution >= 0.6 is 0 Å². The van der Waals surface area contributed by atoms with Crippen molar-refractivity contribution in [1.82, 2.24) is 15.6 Å². The number of allylic oxidation sites excluding steroid dienone is 2. The quantitative estimate of drug-likeness (QED) is 0.609. The van der Waals surface area contributed by atoms with Gasteiger partial charge in [0, 0.05) is 24.3 Å². The summed E-state index contributed by atoms with van der Waals surface area (Å²) < 4.78 is 0. The molecule has 25 heavy (non-hydrogen) atoms. The molecule has 0 aromatic heterocycles. The summed E-state index contributed by atoms with van der Waals surface area (Å²) in [6.45, 7) is 5.68. The molecule has 0 bridgehead atoms. The summed E-state index contributed by atoms with van der Waals surface area (Å²) in [6.07, 6.45) is 9.91. The monoisotopic (exact) mass is 344 g/mol. The first-order chi connectivity index (χ1) is 12.0. The molecule has 5 nitrogen and oxygen atoms in total. The first kappa shape index (κ1) is 17.1. The van der Waals surface area contributed by atoms with Gasteiger partial charge in [-0.1, -0.05) is 12.5 Å². The number of carbonyl (C=O) groups is 1. The van der Waals surface area contributed by atoms with Crippen molar-refractivity contribution in [1.29, 1.82) is 0 Å². The Bertz CT molecular complexity index is 613. The Balaban J connectivity index is 1.32. The summed E-state index contributed by atoms with van der Waals surface area (Å²) >= 11 is 0. The van der Waals surface area contributed by atoms with Gasteiger partial charge in [0.25, 0.3) is 5.91 Å². The van der Waals surface area contributed by atoms with Gasteiger partial charge in [0.2, 0.25) is 0 Å². The maximum absolute atomic E-state index is 12.3.